The van der Waals surface area contributed by atoms with Gasteiger partial charge in [-0.15, -0.1) is 10.2 Å². The summed E-state index contributed by atoms with van der Waals surface area (Å²) in [4.78, 5) is 16.6. The largest absolute Gasteiger partial charge is 0.380 e. The molecule has 6 heterocycles. The quantitative estimate of drug-likeness (QED) is 0.0368. The number of anilines is 3. The van der Waals surface area contributed by atoms with Gasteiger partial charge in [-0.05, 0) is 47.2 Å². The number of rotatable bonds is 23. The van der Waals surface area contributed by atoms with Crippen molar-refractivity contribution in [2.24, 2.45) is 0 Å². The van der Waals surface area contributed by atoms with E-state index in [4.69, 9.17) is 55.1 Å². The van der Waals surface area contributed by atoms with E-state index in [0.717, 1.165) is 44.2 Å². The Morgan fingerprint density at radius 2 is 0.811 bits per heavy atom. The molecule has 12 rings (SSSR count). The zero-order valence-electron chi connectivity index (χ0n) is 49.8. The van der Waals surface area contributed by atoms with Crippen molar-refractivity contribution < 1.29 is 56.5 Å². The maximum atomic E-state index is 12.7. The average molecular weight is 1250 g/mol. The van der Waals surface area contributed by atoms with Crippen LogP contribution in [0.25, 0.3) is 11.3 Å². The zero-order valence-corrected chi connectivity index (χ0v) is 50.7. The zero-order chi connectivity index (χ0) is 62.2. The molecule has 4 aromatic heterocycles. The van der Waals surface area contributed by atoms with Crippen LogP contribution in [-0.2, 0) is 98.9 Å². The summed E-state index contributed by atoms with van der Waals surface area (Å²) in [6.45, 7) is 4.92. The van der Waals surface area contributed by atoms with E-state index in [1.165, 1.54) is 16.9 Å². The van der Waals surface area contributed by atoms with Crippen LogP contribution in [0, 0.1) is 0 Å². The highest BCUT2D eigenvalue weighted by atomic mass is 32.2. The Bertz CT molecular complexity index is 4080. The van der Waals surface area contributed by atoms with Crippen LogP contribution in [0.15, 0.2) is 200 Å². The number of nitrogens with two attached hydrogens (primary N) is 3. The number of aliphatic hydroxyl groups is 2. The third-order valence-electron chi connectivity index (χ3n) is 15.6. The summed E-state index contributed by atoms with van der Waals surface area (Å²) in [5.74, 6) is -4.60. The Labute approximate surface area is 520 Å². The average Bonchev–Trinajstić information content (AvgIpc) is 1.55. The van der Waals surface area contributed by atoms with Gasteiger partial charge in [-0.3, -0.25) is 0 Å². The highest BCUT2D eigenvalue weighted by molar-refractivity contribution is 7.90. The summed E-state index contributed by atoms with van der Waals surface area (Å²) in [5, 5.41) is 33.2. The van der Waals surface area contributed by atoms with E-state index in [0.29, 0.717) is 13.2 Å². The van der Waals surface area contributed by atoms with E-state index in [9.17, 15) is 18.6 Å². The number of aromatic nitrogens is 8. The van der Waals surface area contributed by atoms with Gasteiger partial charge >= 0.3 is 0 Å². The van der Waals surface area contributed by atoms with Crippen LogP contribution >= 0.6 is 0 Å². The van der Waals surface area contributed by atoms with Crippen LogP contribution < -0.4 is 23.4 Å². The summed E-state index contributed by atoms with van der Waals surface area (Å²) >= 11 is 0. The molecule has 2 unspecified atom stereocenters. The van der Waals surface area contributed by atoms with Crippen molar-refractivity contribution in [3.8, 4) is 0 Å². The number of ether oxygens (including phenoxy) is 8. The van der Waals surface area contributed by atoms with Gasteiger partial charge in [0, 0.05) is 6.26 Å². The Morgan fingerprint density at radius 1 is 0.489 bits per heavy atom. The van der Waals surface area contributed by atoms with E-state index in [-0.39, 0.29) is 86.1 Å². The number of fused-ring (bicyclic) bond motifs is 2. The van der Waals surface area contributed by atoms with Crippen molar-refractivity contribution in [3.63, 3.8) is 0 Å². The van der Waals surface area contributed by atoms with Crippen LogP contribution in [0.5, 0.6) is 0 Å². The molecule has 0 aliphatic carbocycles. The Balaban J connectivity index is 0.000000196. The predicted octanol–water partition coefficient (Wildman–Crippen LogP) is 7.20. The first-order chi connectivity index (χ1) is 43.0. The molecule has 6 aromatic carbocycles. The Kier molecular flexibility index (Phi) is 19.7. The van der Waals surface area contributed by atoms with Crippen molar-refractivity contribution in [3.05, 3.63) is 239 Å². The van der Waals surface area contributed by atoms with E-state index in [1.807, 2.05) is 182 Å². The molecule has 10 aromatic rings. The minimum Gasteiger partial charge on any atom is -0.380 e. The lowest BCUT2D eigenvalue weighted by molar-refractivity contribution is -0.294. The molecule has 2 fully saturated rings. The van der Waals surface area contributed by atoms with Gasteiger partial charge in [-0.2, -0.15) is 9.97 Å². The minimum atomic E-state index is -3.88. The molecule has 24 nitrogen and oxygen atoms in total. The van der Waals surface area contributed by atoms with Crippen molar-refractivity contribution in [1.82, 2.24) is 45.3 Å². The van der Waals surface area contributed by atoms with Gasteiger partial charge in [-0.1, -0.05) is 182 Å². The molecule has 470 valence electrons. The van der Waals surface area contributed by atoms with Crippen molar-refractivity contribution in [2.75, 3.05) is 36.7 Å². The summed E-state index contributed by atoms with van der Waals surface area (Å²) in [6.07, 6.45) is 0.433. The molecule has 2 aliphatic heterocycles. The van der Waals surface area contributed by atoms with Gasteiger partial charge in [0.15, 0.2) is 34.1 Å². The fourth-order valence-corrected chi connectivity index (χ4v) is 11.4. The number of sulfone groups is 1. The smallest absolute Gasteiger partial charge is 0.267 e. The second-order valence-corrected chi connectivity index (χ2v) is 23.9. The molecular weight excluding hydrogens is 1170 g/mol. The molecule has 0 radical (unpaired) electrons. The molecule has 11 N–H and O–H groups in total. The number of nitrogen functional groups attached to an aromatic ring is 3. The maximum absolute atomic E-state index is 12.7. The molecule has 90 heavy (non-hydrogen) atoms. The lowest BCUT2D eigenvalue weighted by Gasteiger charge is -2.39. The molecule has 2 aliphatic rings. The number of nitrogens with zero attached hydrogens (tertiary/aromatic N) is 8. The van der Waals surface area contributed by atoms with Crippen molar-refractivity contribution in [2.45, 2.75) is 106 Å². The Morgan fingerprint density at radius 3 is 1.17 bits per heavy atom. The first-order valence-corrected chi connectivity index (χ1v) is 30.5. The van der Waals surface area contributed by atoms with Gasteiger partial charge in [0.05, 0.1) is 65.2 Å². The van der Waals surface area contributed by atoms with E-state index >= 15 is 0 Å². The van der Waals surface area contributed by atoms with E-state index in [1.54, 1.807) is 13.8 Å². The minimum absolute atomic E-state index is 0. The van der Waals surface area contributed by atoms with Crippen LogP contribution in [0.3, 0.4) is 0 Å². The van der Waals surface area contributed by atoms with Crippen molar-refractivity contribution >= 4 is 38.7 Å². The third kappa shape index (κ3) is 13.6. The van der Waals surface area contributed by atoms with Gasteiger partial charge in [0.25, 0.3) is 5.16 Å². The number of hydrogen-bond donors (Lipinski definition) is 6. The third-order valence-corrected chi connectivity index (χ3v) is 16.5. The van der Waals surface area contributed by atoms with Gasteiger partial charge in [-0.25, -0.2) is 27.4 Å². The van der Waals surface area contributed by atoms with Crippen LogP contribution in [-0.4, -0.2) is 113 Å². The topological polar surface area (TPSA) is 348 Å². The van der Waals surface area contributed by atoms with Crippen molar-refractivity contribution in [1.29, 1.82) is 0 Å². The summed E-state index contributed by atoms with van der Waals surface area (Å²) in [5.41, 5.74) is 21.0. The van der Waals surface area contributed by atoms with Gasteiger partial charge < -0.3 is 71.5 Å². The molecule has 0 bridgehead atoms. The lowest BCUT2D eigenvalue weighted by Crippen LogP contribution is -2.55. The molecule has 0 amide bonds. The Hall–Kier alpha value is -8.67. The molecule has 2 saturated heterocycles. The van der Waals surface area contributed by atoms with Crippen LogP contribution in [0.1, 0.15) is 58.6 Å². The monoisotopic (exact) mass is 1240 g/mol. The fourth-order valence-electron chi connectivity index (χ4n) is 10.9. The number of hydrogen-bond acceptors (Lipinski definition) is 22. The first-order valence-electron chi connectivity index (χ1n) is 28.7. The molecular formula is C65H72N12O12S. The van der Waals surface area contributed by atoms with Crippen LogP contribution in [0.2, 0.25) is 0 Å². The maximum Gasteiger partial charge on any atom is 0.267 e. The van der Waals surface area contributed by atoms with Gasteiger partial charge in [0.2, 0.25) is 27.4 Å². The normalized spacial score (nSPS) is 23.1. The number of imidazole rings is 2. The highest BCUT2D eigenvalue weighted by Gasteiger charge is 2.68. The van der Waals surface area contributed by atoms with Gasteiger partial charge in [0.1, 0.15) is 35.8 Å². The first kappa shape index (κ1) is 64.3. The lowest BCUT2D eigenvalue weighted by atomic mass is 9.87. The standard InChI is InChI=1S/C33H35N5O7S.C32H34N6O5.H3N/c1-32(44-21-25-16-10-5-11-17-25)28(43-20-24-14-8-4-9-15-24)26(22-42-19-23-12-6-3-7-13-23)45-33(32,39)27-18-35-30-29(34)36-31(37-38(27)30)46(2,40)41;1-31(42-20-24-15-9-4-10-16-24)27(41-19-23-13-7-3-8-14-23)25(21-40-18-22-11-5-2-6-12-22)43-32(31,39)26-17-35-29-28(33)36-30(34)37-38(26)29;/h3-18,26,28,39H,19-22H2,1-2H3,(H2,34,36,37);2-17,25,27,39H,18-21H2,1H3,(H4,33,34,36,37);1H3/t26-,28-,32-,33?;25-,27-,31-,32?;/m11./s1. The SMILES string of the molecule is C[C@@]1(OCc2ccccc2)[C@H](OCc2ccccc2)[C@@H](COCc2ccccc2)OC1(O)c1cnc2c(N)nc(N)nn12.C[C@@]1(OCc2ccccc2)[C@H](OCc2ccccc2)[C@@H](COCc2ccccc2)OC1(O)c1cnc2c(N)nc(S(C)(=O)=O)nn12.N. The molecule has 0 saturated carbocycles. The molecule has 8 atom stereocenters. The second kappa shape index (κ2) is 27.6. The summed E-state index contributed by atoms with van der Waals surface area (Å²) in [6, 6.07) is 58.0. The van der Waals surface area contributed by atoms with E-state index < -0.39 is 62.2 Å². The fraction of sp³-hybridized carbons (Fsp3) is 0.292. The van der Waals surface area contributed by atoms with E-state index in [2.05, 4.69) is 30.1 Å². The predicted molar refractivity (Wildman–Crippen MR) is 332 cm³/mol. The second-order valence-electron chi connectivity index (χ2n) is 22.0. The summed E-state index contributed by atoms with van der Waals surface area (Å²) in [7, 11) is -3.88. The highest BCUT2D eigenvalue weighted by Crippen LogP contribution is 2.51. The molecule has 0 spiro atoms. The number of benzene rings is 6. The molecule has 25 heteroatoms. The van der Waals surface area contributed by atoms with Crippen LogP contribution in [0.4, 0.5) is 17.6 Å². The summed E-state index contributed by atoms with van der Waals surface area (Å²) < 4.78 is 78.9.